The van der Waals surface area contributed by atoms with E-state index in [1.165, 1.54) is 19.2 Å². The van der Waals surface area contributed by atoms with Gasteiger partial charge >= 0.3 is 5.97 Å². The first-order valence-electron chi connectivity index (χ1n) is 10.2. The minimum Gasteiger partial charge on any atom is -0.465 e. The fourth-order valence-corrected chi connectivity index (χ4v) is 4.56. The van der Waals surface area contributed by atoms with Crippen LogP contribution in [-0.4, -0.2) is 27.4 Å². The smallest absolute Gasteiger partial charge is 0.337 e. The van der Waals surface area contributed by atoms with E-state index in [4.69, 9.17) is 4.74 Å². The van der Waals surface area contributed by atoms with Crippen LogP contribution in [0.5, 0.6) is 0 Å². The normalized spacial score (nSPS) is 11.1. The number of benzene rings is 3. The number of carbonyl (C=O) groups excluding carboxylic acids is 2. The molecule has 0 aliphatic carbocycles. The first-order chi connectivity index (χ1) is 15.5. The topological polar surface area (TPSA) is 102 Å². The predicted octanol–water partition coefficient (Wildman–Crippen LogP) is 4.76. The van der Waals surface area contributed by atoms with Gasteiger partial charge in [-0.05, 0) is 86.3 Å². The highest BCUT2D eigenvalue weighted by molar-refractivity contribution is 7.92. The summed E-state index contributed by atoms with van der Waals surface area (Å²) >= 11 is 0. The number of anilines is 2. The van der Waals surface area contributed by atoms with Crippen molar-refractivity contribution >= 4 is 33.3 Å². The molecule has 0 atom stereocenters. The molecule has 0 radical (unpaired) electrons. The molecular weight excluding hydrogens is 440 g/mol. The lowest BCUT2D eigenvalue weighted by Gasteiger charge is -2.14. The van der Waals surface area contributed by atoms with Crippen LogP contribution >= 0.6 is 0 Å². The second-order valence-corrected chi connectivity index (χ2v) is 9.51. The summed E-state index contributed by atoms with van der Waals surface area (Å²) in [6, 6.07) is 14.6. The summed E-state index contributed by atoms with van der Waals surface area (Å²) in [5.41, 5.74) is 4.61. The van der Waals surface area contributed by atoms with Gasteiger partial charge in [-0.3, -0.25) is 9.52 Å². The Bertz CT molecular complexity index is 1350. The molecule has 0 aromatic heterocycles. The second kappa shape index (κ2) is 9.46. The van der Waals surface area contributed by atoms with E-state index in [-0.39, 0.29) is 10.5 Å². The fraction of sp³-hybridized carbons (Fsp3) is 0.200. The summed E-state index contributed by atoms with van der Waals surface area (Å²) in [6.45, 7) is 7.30. The highest BCUT2D eigenvalue weighted by Gasteiger charge is 2.20. The fourth-order valence-electron chi connectivity index (χ4n) is 3.24. The molecule has 33 heavy (non-hydrogen) atoms. The van der Waals surface area contributed by atoms with Gasteiger partial charge in [-0.25, -0.2) is 13.2 Å². The quantitative estimate of drug-likeness (QED) is 0.510. The molecule has 0 heterocycles. The van der Waals surface area contributed by atoms with E-state index in [1.54, 1.807) is 50.2 Å². The SMILES string of the molecule is COC(=O)c1ccc(C)c(NC(=O)c2ccc(C)c(S(=O)(=O)Nc3ccc(C)c(C)c3)c2)c1. The summed E-state index contributed by atoms with van der Waals surface area (Å²) in [5, 5.41) is 2.75. The van der Waals surface area contributed by atoms with Crippen LogP contribution in [0.15, 0.2) is 59.5 Å². The van der Waals surface area contributed by atoms with Crippen LogP contribution in [0.25, 0.3) is 0 Å². The molecule has 3 aromatic rings. The van der Waals surface area contributed by atoms with E-state index < -0.39 is 21.9 Å². The average molecular weight is 467 g/mol. The zero-order valence-electron chi connectivity index (χ0n) is 19.1. The number of carbonyl (C=O) groups is 2. The third kappa shape index (κ3) is 5.40. The second-order valence-electron chi connectivity index (χ2n) is 7.86. The molecular formula is C25H26N2O5S. The number of sulfonamides is 1. The van der Waals surface area contributed by atoms with Crippen molar-refractivity contribution in [3.05, 3.63) is 88.0 Å². The standard InChI is InChI=1S/C25H26N2O5S/c1-15-8-11-21(12-18(15)4)27-33(30,31)23-14-19(9-7-17(23)3)24(28)26-22-13-20(25(29)32-5)10-6-16(22)2/h6-14,27H,1-5H3,(H,26,28). The van der Waals surface area contributed by atoms with Gasteiger partial charge in [0.1, 0.15) is 0 Å². The average Bonchev–Trinajstić information content (AvgIpc) is 2.77. The molecule has 0 aliphatic rings. The molecule has 0 fully saturated rings. The molecule has 7 nitrogen and oxygen atoms in total. The van der Waals surface area contributed by atoms with Gasteiger partial charge in [-0.2, -0.15) is 0 Å². The Morgan fingerprint density at radius 1 is 0.758 bits per heavy atom. The molecule has 8 heteroatoms. The van der Waals surface area contributed by atoms with Gasteiger partial charge in [-0.15, -0.1) is 0 Å². The molecule has 0 spiro atoms. The molecule has 172 valence electrons. The van der Waals surface area contributed by atoms with Crippen LogP contribution in [0.1, 0.15) is 43.0 Å². The highest BCUT2D eigenvalue weighted by atomic mass is 32.2. The Balaban J connectivity index is 1.90. The number of aryl methyl sites for hydroxylation is 4. The number of methoxy groups -OCH3 is 1. The van der Waals surface area contributed by atoms with Gasteiger partial charge in [0, 0.05) is 16.9 Å². The summed E-state index contributed by atoms with van der Waals surface area (Å²) in [4.78, 5) is 24.7. The number of hydrogen-bond acceptors (Lipinski definition) is 5. The number of nitrogens with one attached hydrogen (secondary N) is 2. The summed E-state index contributed by atoms with van der Waals surface area (Å²) < 4.78 is 33.4. The van der Waals surface area contributed by atoms with Crippen molar-refractivity contribution in [2.24, 2.45) is 0 Å². The number of ether oxygens (including phenoxy) is 1. The molecule has 0 unspecified atom stereocenters. The maximum absolute atomic E-state index is 13.1. The Morgan fingerprint density at radius 2 is 1.39 bits per heavy atom. The molecule has 1 amide bonds. The number of rotatable bonds is 6. The van der Waals surface area contributed by atoms with Gasteiger partial charge in [0.25, 0.3) is 15.9 Å². The van der Waals surface area contributed by atoms with Crippen molar-refractivity contribution in [3.63, 3.8) is 0 Å². The van der Waals surface area contributed by atoms with Crippen LogP contribution in [0, 0.1) is 27.7 Å². The number of esters is 1. The van der Waals surface area contributed by atoms with Crippen LogP contribution in [0.2, 0.25) is 0 Å². The van der Waals surface area contributed by atoms with Crippen LogP contribution in [0.4, 0.5) is 11.4 Å². The van der Waals surface area contributed by atoms with E-state index in [0.717, 1.165) is 16.7 Å². The summed E-state index contributed by atoms with van der Waals surface area (Å²) in [7, 11) is -2.64. The van der Waals surface area contributed by atoms with Crippen LogP contribution in [-0.2, 0) is 14.8 Å². The van der Waals surface area contributed by atoms with E-state index in [1.807, 2.05) is 19.9 Å². The molecule has 3 rings (SSSR count). The molecule has 0 saturated carbocycles. The predicted molar refractivity (Wildman–Crippen MR) is 128 cm³/mol. The van der Waals surface area contributed by atoms with E-state index >= 15 is 0 Å². The van der Waals surface area contributed by atoms with E-state index in [9.17, 15) is 18.0 Å². The summed E-state index contributed by atoms with van der Waals surface area (Å²) in [5.74, 6) is -1.02. The van der Waals surface area contributed by atoms with E-state index in [0.29, 0.717) is 22.5 Å². The largest absolute Gasteiger partial charge is 0.465 e. The van der Waals surface area contributed by atoms with Gasteiger partial charge in [0.15, 0.2) is 0 Å². The van der Waals surface area contributed by atoms with Crippen LogP contribution < -0.4 is 10.0 Å². The molecule has 0 aliphatic heterocycles. The molecule has 0 saturated heterocycles. The van der Waals surface area contributed by atoms with Crippen LogP contribution in [0.3, 0.4) is 0 Å². The number of amides is 1. The Morgan fingerprint density at radius 3 is 2.06 bits per heavy atom. The number of hydrogen-bond donors (Lipinski definition) is 2. The third-order valence-corrected chi connectivity index (χ3v) is 6.93. The first kappa shape index (κ1) is 24.0. The Kier molecular flexibility index (Phi) is 6.88. The minimum atomic E-state index is -3.92. The van der Waals surface area contributed by atoms with Crippen molar-refractivity contribution in [1.29, 1.82) is 0 Å². The van der Waals surface area contributed by atoms with Gasteiger partial charge in [0.05, 0.1) is 17.6 Å². The lowest BCUT2D eigenvalue weighted by molar-refractivity contribution is 0.0600. The van der Waals surface area contributed by atoms with Gasteiger partial charge in [0.2, 0.25) is 0 Å². The monoisotopic (exact) mass is 466 g/mol. The van der Waals surface area contributed by atoms with Gasteiger partial charge < -0.3 is 10.1 Å². The van der Waals surface area contributed by atoms with Crippen molar-refractivity contribution in [2.75, 3.05) is 17.1 Å². The Hall–Kier alpha value is -3.65. The zero-order valence-corrected chi connectivity index (χ0v) is 20.0. The highest BCUT2D eigenvalue weighted by Crippen LogP contribution is 2.24. The van der Waals surface area contributed by atoms with E-state index in [2.05, 4.69) is 10.0 Å². The summed E-state index contributed by atoms with van der Waals surface area (Å²) in [6.07, 6.45) is 0. The lowest BCUT2D eigenvalue weighted by atomic mass is 10.1. The van der Waals surface area contributed by atoms with Crippen molar-refractivity contribution in [3.8, 4) is 0 Å². The van der Waals surface area contributed by atoms with Crippen molar-refractivity contribution in [1.82, 2.24) is 0 Å². The van der Waals surface area contributed by atoms with Crippen molar-refractivity contribution in [2.45, 2.75) is 32.6 Å². The molecule has 0 bridgehead atoms. The maximum Gasteiger partial charge on any atom is 0.337 e. The molecule has 2 N–H and O–H groups in total. The van der Waals surface area contributed by atoms with Crippen molar-refractivity contribution < 1.29 is 22.7 Å². The molecule has 3 aromatic carbocycles. The lowest BCUT2D eigenvalue weighted by Crippen LogP contribution is -2.17. The third-order valence-electron chi connectivity index (χ3n) is 5.41. The first-order valence-corrected chi connectivity index (χ1v) is 11.7. The minimum absolute atomic E-state index is 0.00779. The maximum atomic E-state index is 13.1. The van der Waals surface area contributed by atoms with Gasteiger partial charge in [-0.1, -0.05) is 18.2 Å². The zero-order chi connectivity index (χ0) is 24.3. The Labute approximate surface area is 193 Å².